The molecule has 4 N–H and O–H groups in total. The molecule has 21 rings (SSSR count). The number of aromatic nitrogens is 23. The van der Waals surface area contributed by atoms with Crippen molar-refractivity contribution in [3.8, 4) is 51.5 Å². The van der Waals surface area contributed by atoms with Gasteiger partial charge in [0.05, 0.1) is 92.1 Å². The number of carbonyl (C=O) groups excluding carboxylic acids is 6. The van der Waals surface area contributed by atoms with E-state index in [9.17, 15) is 64.0 Å². The topological polar surface area (TPSA) is 509 Å². The second-order valence-corrected chi connectivity index (χ2v) is 37.3. The normalized spacial score (nSPS) is 18.3. The summed E-state index contributed by atoms with van der Waals surface area (Å²) < 4.78 is 105. The zero-order valence-electron chi connectivity index (χ0n) is 68.8. The molecule has 4 saturated heterocycles. The summed E-state index contributed by atoms with van der Waals surface area (Å²) in [7, 11) is -7.34. The van der Waals surface area contributed by atoms with Crippen LogP contribution in [0.1, 0.15) is 70.6 Å². The number of halogens is 3. The molecule has 0 unspecified atom stereocenters. The van der Waals surface area contributed by atoms with Gasteiger partial charge in [0.1, 0.15) is 12.1 Å². The molecule has 12 aromatic rings. The summed E-state index contributed by atoms with van der Waals surface area (Å²) in [6, 6.07) is 12.1. The summed E-state index contributed by atoms with van der Waals surface area (Å²) in [5.41, 5.74) is -3.31. The Kier molecular flexibility index (Phi) is 21.8. The molecule has 46 nitrogen and oxygen atoms in total. The number of anilines is 4. The summed E-state index contributed by atoms with van der Waals surface area (Å²) in [4.78, 5) is 117. The molecule has 0 atom stereocenters. The zero-order chi connectivity index (χ0) is 90.3. The number of likely N-dealkylation sites (tertiary alicyclic amines) is 2. The predicted octanol–water partition coefficient (Wildman–Crippen LogP) is 3.58. The fraction of sp³-hybridized carbons (Fsp3) is 0.449. The van der Waals surface area contributed by atoms with E-state index in [1.807, 2.05) is 17.2 Å². The number of methoxy groups -OCH3 is 1. The molecule has 664 valence electrons. The third kappa shape index (κ3) is 16.9. The molecular formula is C78H78F3N35O11S2. The molecule has 51 heteroatoms. The van der Waals surface area contributed by atoms with E-state index in [2.05, 4.69) is 111 Å². The van der Waals surface area contributed by atoms with Gasteiger partial charge in [-0.05, 0) is 76.3 Å². The Hall–Kier alpha value is -14.5. The standard InChI is InChI=1S/C21H21N9O2.C20H21N9O3.C19H17F3N8O3S.C18H19N9O3S/c1-22-10-21(11-28(12-21)19(32)14-4-5-14)29-9-15(8-24-29)17-23-7-6-16-25-20(27-30(16)17)26-18(31)13-2-3-13;1-21-10-20(11-27(12-20)16(30)9-32-2)28-8-14(7-23-28)17-22-6-5-15-24-19(26-29(15)17)25-18(31)13-3-4-13;20-19(21,22)34(32,33)28-10-18(11-28,6-7-23)29-9-13(8-24-29)14-2-1-3-15-25-17(27-30(14)15)26-16(31)12-4-5-12;1-19-9-18(10-25(11-18)31(2,29)30)26-8-13(7-21-26)15-20-6-5-14-22-17(24-27(14)15)23-16(28)12-3-4-12/h6-9,13-14H,2-5,10-12H2,(H,26,27,31);5-8,13H,3-4,9-12H2,2H3,(H,25,26,31);1-3,8-9,12H,4-6,10-11H2,(H,26,27,31);5-8,12H,3-4,9-11H2,2H3,(H,23,24,28). The highest BCUT2D eigenvalue weighted by Crippen LogP contribution is 2.43. The monoisotopic (exact) mass is 1800 g/mol. The Labute approximate surface area is 729 Å². The van der Waals surface area contributed by atoms with Crippen molar-refractivity contribution in [1.29, 1.82) is 5.26 Å². The molecule has 0 radical (unpaired) electrons. The van der Waals surface area contributed by atoms with Gasteiger partial charge in [0, 0.05) is 130 Å². The van der Waals surface area contributed by atoms with E-state index in [4.69, 9.17) is 24.5 Å². The number of ether oxygens (including phenoxy) is 1. The van der Waals surface area contributed by atoms with Crippen molar-refractivity contribution in [2.24, 2.45) is 29.6 Å². The number of amides is 6. The first-order valence-corrected chi connectivity index (χ1v) is 44.1. The minimum atomic E-state index is -5.49. The van der Waals surface area contributed by atoms with Crippen LogP contribution >= 0.6 is 0 Å². The first kappa shape index (κ1) is 85.3. The fourth-order valence-electron chi connectivity index (χ4n) is 15.5. The first-order valence-electron chi connectivity index (χ1n) is 40.8. The lowest BCUT2D eigenvalue weighted by Crippen LogP contribution is -2.66. The summed E-state index contributed by atoms with van der Waals surface area (Å²) in [5.74, 6) is 2.37. The van der Waals surface area contributed by atoms with Gasteiger partial charge in [-0.3, -0.25) is 68.8 Å². The number of carbonyl (C=O) groups is 6. The van der Waals surface area contributed by atoms with Crippen LogP contribution in [0.15, 0.2) is 105 Å². The highest BCUT2D eigenvalue weighted by Gasteiger charge is 2.60. The molecule has 0 spiro atoms. The third-order valence-corrected chi connectivity index (χ3v) is 26.2. The second-order valence-electron chi connectivity index (χ2n) is 33.4. The molecule has 5 saturated carbocycles. The average Bonchev–Trinajstić information content (AvgIpc) is 1.30. The van der Waals surface area contributed by atoms with Crippen molar-refractivity contribution >= 4 is 102 Å². The van der Waals surface area contributed by atoms with Crippen molar-refractivity contribution < 1.29 is 63.5 Å². The summed E-state index contributed by atoms with van der Waals surface area (Å²) in [5, 5.41) is 55.2. The largest absolute Gasteiger partial charge is 0.511 e. The molecular weight excluding hydrogens is 1720 g/mol. The Bertz CT molecular complexity index is 6900. The molecule has 5 aliphatic carbocycles. The van der Waals surface area contributed by atoms with Crippen LogP contribution in [0, 0.1) is 60.6 Å². The molecule has 4 aliphatic heterocycles. The number of alkyl halides is 3. The molecule has 9 fully saturated rings. The molecule has 16 heterocycles. The number of pyridine rings is 1. The average molecular weight is 1800 g/mol. The van der Waals surface area contributed by atoms with Crippen molar-refractivity contribution in [2.45, 2.75) is 98.3 Å². The number of fused-ring (bicyclic) bond motifs is 4. The Morgan fingerprint density at radius 2 is 0.822 bits per heavy atom. The zero-order valence-corrected chi connectivity index (χ0v) is 70.4. The Morgan fingerprint density at radius 1 is 0.481 bits per heavy atom. The van der Waals surface area contributed by atoms with Gasteiger partial charge in [-0.2, -0.15) is 80.9 Å². The molecule has 6 amide bonds. The number of rotatable bonds is 25. The van der Waals surface area contributed by atoms with Crippen LogP contribution in [0.2, 0.25) is 0 Å². The van der Waals surface area contributed by atoms with Crippen LogP contribution < -0.4 is 21.3 Å². The Morgan fingerprint density at radius 3 is 1.18 bits per heavy atom. The van der Waals surface area contributed by atoms with Gasteiger partial charge in [0.25, 0.3) is 0 Å². The van der Waals surface area contributed by atoms with Crippen molar-refractivity contribution in [3.05, 3.63) is 139 Å². The van der Waals surface area contributed by atoms with Gasteiger partial charge in [-0.1, -0.05) is 6.07 Å². The van der Waals surface area contributed by atoms with Gasteiger partial charge in [0.15, 0.2) is 56.7 Å². The molecule has 0 aromatic carbocycles. The third-order valence-electron chi connectivity index (χ3n) is 23.5. The number of nitrogens with one attached hydrogen (secondary N) is 4. The molecule has 0 bridgehead atoms. The van der Waals surface area contributed by atoms with E-state index in [1.165, 1.54) is 37.5 Å². The van der Waals surface area contributed by atoms with Crippen LogP contribution in [-0.4, -0.2) is 281 Å². The summed E-state index contributed by atoms with van der Waals surface area (Å²) in [6.45, 7) is 23.7. The summed E-state index contributed by atoms with van der Waals surface area (Å²) >= 11 is 0. The van der Waals surface area contributed by atoms with Crippen molar-refractivity contribution in [1.82, 2.24) is 131 Å². The van der Waals surface area contributed by atoms with Crippen LogP contribution in [0.5, 0.6) is 0 Å². The van der Waals surface area contributed by atoms with Crippen molar-refractivity contribution in [3.63, 3.8) is 0 Å². The molecule has 129 heavy (non-hydrogen) atoms. The maximum Gasteiger partial charge on any atom is 0.511 e. The van der Waals surface area contributed by atoms with Crippen LogP contribution in [0.3, 0.4) is 0 Å². The lowest BCUT2D eigenvalue weighted by molar-refractivity contribution is -0.146. The van der Waals surface area contributed by atoms with E-state index in [1.54, 1.807) is 114 Å². The number of hydrogen-bond donors (Lipinski definition) is 4. The highest BCUT2D eigenvalue weighted by molar-refractivity contribution is 7.90. The fourth-order valence-corrected chi connectivity index (χ4v) is 17.6. The Balaban J connectivity index is 0.000000116. The minimum absolute atomic E-state index is 0.0102. The van der Waals surface area contributed by atoms with Gasteiger partial charge < -0.3 is 29.1 Å². The van der Waals surface area contributed by atoms with E-state index < -0.39 is 60.8 Å². The van der Waals surface area contributed by atoms with Gasteiger partial charge in [0.2, 0.25) is 88.9 Å². The van der Waals surface area contributed by atoms with E-state index in [0.717, 1.165) is 76.0 Å². The lowest BCUT2D eigenvalue weighted by atomic mass is 9.89. The summed E-state index contributed by atoms with van der Waals surface area (Å²) in [6.07, 6.45) is 28.0. The highest BCUT2D eigenvalue weighted by atomic mass is 32.2. The number of nitriles is 1. The van der Waals surface area contributed by atoms with Gasteiger partial charge >= 0.3 is 15.5 Å². The van der Waals surface area contributed by atoms with Crippen molar-refractivity contribution in [2.75, 3.05) is 113 Å². The van der Waals surface area contributed by atoms with E-state index in [-0.39, 0.29) is 135 Å². The van der Waals surface area contributed by atoms with Gasteiger partial charge in [-0.25, -0.2) is 56.0 Å². The number of nitrogens with zero attached hydrogens (tertiary/aromatic N) is 31. The second kappa shape index (κ2) is 33.0. The predicted molar refractivity (Wildman–Crippen MR) is 443 cm³/mol. The quantitative estimate of drug-likeness (QED) is 0.0594. The molecule has 12 aromatic heterocycles. The number of hydrogen-bond acceptors (Lipinski definition) is 27. The van der Waals surface area contributed by atoms with Crippen LogP contribution in [0.25, 0.3) is 82.5 Å². The smallest absolute Gasteiger partial charge is 0.375 e. The minimum Gasteiger partial charge on any atom is -0.375 e. The van der Waals surface area contributed by atoms with E-state index >= 15 is 0 Å². The first-order chi connectivity index (χ1) is 61.9. The maximum atomic E-state index is 12.9. The van der Waals surface area contributed by atoms with Crippen LogP contribution in [0.4, 0.5) is 37.0 Å². The van der Waals surface area contributed by atoms with E-state index in [0.29, 0.717) is 92.9 Å². The maximum absolute atomic E-state index is 12.9. The molecule has 9 aliphatic rings. The SMILES string of the molecule is N#CCC1(n2cc(-c3cccc4nc(NC(=O)C5CC5)nn34)cn2)CN(S(=O)(=O)C(F)(F)F)C1.[C-]#[N+]CC1(n2cc(-c3nccc4nc(NC(=O)C5CC5)nn34)cn2)CN(C(=O)C2CC2)C1.[C-]#[N+]CC1(n2cc(-c3nccc4nc(NC(=O)C5CC5)nn34)cn2)CN(C(=O)COC)C1.[C-]#[N+]CC1(n2cc(-c3nccc4nc(NC(=O)C5CC5)nn34)cn2)CN(S(C)(=O)=O)C1. The number of sulfonamides is 2. The lowest BCUT2D eigenvalue weighted by Gasteiger charge is -2.47. The van der Waals surface area contributed by atoms with Gasteiger partial charge in [-0.15, -0.1) is 20.4 Å². The van der Waals surface area contributed by atoms with Crippen LogP contribution in [-0.2, 0) is 75.7 Å².